The van der Waals surface area contributed by atoms with E-state index in [1.807, 2.05) is 19.9 Å². The van der Waals surface area contributed by atoms with Crippen molar-refractivity contribution in [1.82, 2.24) is 0 Å². The Labute approximate surface area is 125 Å². The minimum atomic E-state index is -3.88. The zero-order valence-corrected chi connectivity index (χ0v) is 13.1. The van der Waals surface area contributed by atoms with Gasteiger partial charge in [0.05, 0.1) is 6.61 Å². The van der Waals surface area contributed by atoms with Gasteiger partial charge < -0.3 is 8.92 Å². The lowest BCUT2D eigenvalue weighted by molar-refractivity contribution is 0.327. The van der Waals surface area contributed by atoms with Crippen LogP contribution < -0.4 is 8.92 Å². The molecule has 0 radical (unpaired) electrons. The molecular weight excluding hydrogens is 288 g/mol. The number of rotatable bonds is 5. The lowest BCUT2D eigenvalue weighted by Gasteiger charge is -2.13. The molecule has 2 aromatic rings. The quantitative estimate of drug-likeness (QED) is 0.794. The van der Waals surface area contributed by atoms with Gasteiger partial charge in [-0.15, -0.1) is 0 Å². The molecule has 0 spiro atoms. The highest BCUT2D eigenvalue weighted by molar-refractivity contribution is 7.87. The number of benzene rings is 2. The Morgan fingerprint density at radius 3 is 2.29 bits per heavy atom. The van der Waals surface area contributed by atoms with Gasteiger partial charge in [0.25, 0.3) is 0 Å². The summed E-state index contributed by atoms with van der Waals surface area (Å²) in [5, 5.41) is 0. The zero-order chi connectivity index (χ0) is 15.5. The first kappa shape index (κ1) is 15.4. The van der Waals surface area contributed by atoms with Gasteiger partial charge >= 0.3 is 10.1 Å². The maximum absolute atomic E-state index is 12.4. The summed E-state index contributed by atoms with van der Waals surface area (Å²) in [6.07, 6.45) is 0. The van der Waals surface area contributed by atoms with Gasteiger partial charge in [-0.05, 0) is 44.5 Å². The van der Waals surface area contributed by atoms with Crippen LogP contribution in [-0.2, 0) is 10.1 Å². The molecule has 0 saturated carbocycles. The fraction of sp³-hybridized carbons (Fsp3) is 0.250. The van der Waals surface area contributed by atoms with Crippen molar-refractivity contribution in [2.75, 3.05) is 6.61 Å². The molecule has 4 nitrogen and oxygen atoms in total. The minimum absolute atomic E-state index is 0.166. The molecule has 0 aliphatic carbocycles. The summed E-state index contributed by atoms with van der Waals surface area (Å²) in [4.78, 5) is 0.166. The second-order valence-corrected chi connectivity index (χ2v) is 6.20. The summed E-state index contributed by atoms with van der Waals surface area (Å²) in [5.41, 5.74) is 1.66. The van der Waals surface area contributed by atoms with E-state index < -0.39 is 10.1 Å². The molecule has 0 amide bonds. The Morgan fingerprint density at radius 2 is 1.67 bits per heavy atom. The predicted molar refractivity (Wildman–Crippen MR) is 81.3 cm³/mol. The maximum Gasteiger partial charge on any atom is 0.339 e. The largest absolute Gasteiger partial charge is 0.490 e. The van der Waals surface area contributed by atoms with Gasteiger partial charge in [0.15, 0.2) is 11.5 Å². The van der Waals surface area contributed by atoms with Gasteiger partial charge in [-0.3, -0.25) is 0 Å². The molecule has 2 aromatic carbocycles. The van der Waals surface area contributed by atoms with Crippen LogP contribution in [0.2, 0.25) is 0 Å². The van der Waals surface area contributed by atoms with E-state index in [9.17, 15) is 8.42 Å². The Kier molecular flexibility index (Phi) is 4.53. The summed E-state index contributed by atoms with van der Waals surface area (Å²) >= 11 is 0. The standard InChI is InChI=1S/C16H18O4S/c1-4-19-14-7-5-6-8-15(14)20-21(17,18)16-10-9-12(2)11-13(16)3/h5-11H,4H2,1-3H3. The van der Waals surface area contributed by atoms with Crippen LogP contribution in [0.1, 0.15) is 18.1 Å². The molecule has 21 heavy (non-hydrogen) atoms. The summed E-state index contributed by atoms with van der Waals surface area (Å²) in [6, 6.07) is 11.8. The molecule has 0 aromatic heterocycles. The average Bonchev–Trinajstić information content (AvgIpc) is 2.40. The summed E-state index contributed by atoms with van der Waals surface area (Å²) < 4.78 is 35.4. The zero-order valence-electron chi connectivity index (χ0n) is 12.3. The number of para-hydroxylation sites is 2. The molecule has 0 aliphatic rings. The van der Waals surface area contributed by atoms with E-state index in [4.69, 9.17) is 8.92 Å². The minimum Gasteiger partial charge on any atom is -0.490 e. The number of aryl methyl sites for hydroxylation is 2. The molecule has 0 fully saturated rings. The molecule has 0 bridgehead atoms. The third-order valence-electron chi connectivity index (χ3n) is 2.95. The predicted octanol–water partition coefficient (Wildman–Crippen LogP) is 3.47. The summed E-state index contributed by atoms with van der Waals surface area (Å²) in [7, 11) is -3.88. The van der Waals surface area contributed by atoms with E-state index in [0.717, 1.165) is 5.56 Å². The van der Waals surface area contributed by atoms with E-state index in [2.05, 4.69) is 0 Å². The van der Waals surface area contributed by atoms with Crippen molar-refractivity contribution in [2.24, 2.45) is 0 Å². The third kappa shape index (κ3) is 3.55. The first-order chi connectivity index (χ1) is 9.94. The Hall–Kier alpha value is -2.01. The van der Waals surface area contributed by atoms with Crippen molar-refractivity contribution in [3.63, 3.8) is 0 Å². The van der Waals surface area contributed by atoms with Gasteiger partial charge in [0, 0.05) is 0 Å². The monoisotopic (exact) mass is 306 g/mol. The smallest absolute Gasteiger partial charge is 0.339 e. The highest BCUT2D eigenvalue weighted by Gasteiger charge is 2.21. The fourth-order valence-electron chi connectivity index (χ4n) is 2.04. The third-order valence-corrected chi connectivity index (χ3v) is 4.34. The molecule has 0 heterocycles. The molecular formula is C16H18O4S. The molecule has 112 valence electrons. The van der Waals surface area contributed by atoms with Crippen LogP contribution in [-0.4, -0.2) is 15.0 Å². The molecule has 0 saturated heterocycles. The van der Waals surface area contributed by atoms with Crippen molar-refractivity contribution in [3.05, 3.63) is 53.6 Å². The van der Waals surface area contributed by atoms with E-state index in [1.54, 1.807) is 43.3 Å². The maximum atomic E-state index is 12.4. The van der Waals surface area contributed by atoms with E-state index in [-0.39, 0.29) is 10.6 Å². The van der Waals surface area contributed by atoms with Crippen LogP contribution in [0.15, 0.2) is 47.4 Å². The second kappa shape index (κ2) is 6.18. The first-order valence-corrected chi connectivity index (χ1v) is 8.08. The van der Waals surface area contributed by atoms with E-state index in [0.29, 0.717) is 17.9 Å². The molecule has 0 unspecified atom stereocenters. The first-order valence-electron chi connectivity index (χ1n) is 6.67. The van der Waals surface area contributed by atoms with E-state index in [1.165, 1.54) is 0 Å². The topological polar surface area (TPSA) is 52.6 Å². The van der Waals surface area contributed by atoms with Crippen LogP contribution in [0.3, 0.4) is 0 Å². The summed E-state index contributed by atoms with van der Waals surface area (Å²) in [6.45, 7) is 5.92. The van der Waals surface area contributed by atoms with Gasteiger partial charge in [0.2, 0.25) is 0 Å². The number of ether oxygens (including phenoxy) is 1. The Bertz CT molecular complexity index is 736. The normalized spacial score (nSPS) is 11.2. The lowest BCUT2D eigenvalue weighted by Crippen LogP contribution is -2.12. The van der Waals surface area contributed by atoms with Gasteiger partial charge in [-0.25, -0.2) is 0 Å². The Balaban J connectivity index is 2.38. The molecule has 0 aliphatic heterocycles. The highest BCUT2D eigenvalue weighted by atomic mass is 32.2. The molecule has 5 heteroatoms. The number of hydrogen-bond donors (Lipinski definition) is 0. The van der Waals surface area contributed by atoms with Gasteiger partial charge in [-0.2, -0.15) is 8.42 Å². The SMILES string of the molecule is CCOc1ccccc1OS(=O)(=O)c1ccc(C)cc1C. The highest BCUT2D eigenvalue weighted by Crippen LogP contribution is 2.30. The fourth-order valence-corrected chi connectivity index (χ4v) is 3.19. The average molecular weight is 306 g/mol. The van der Waals surface area contributed by atoms with Crippen LogP contribution in [0.4, 0.5) is 0 Å². The van der Waals surface area contributed by atoms with Crippen molar-refractivity contribution in [3.8, 4) is 11.5 Å². The van der Waals surface area contributed by atoms with E-state index >= 15 is 0 Å². The molecule has 2 rings (SSSR count). The van der Waals surface area contributed by atoms with Crippen molar-refractivity contribution < 1.29 is 17.3 Å². The van der Waals surface area contributed by atoms with Crippen LogP contribution >= 0.6 is 0 Å². The number of hydrogen-bond acceptors (Lipinski definition) is 4. The molecule has 0 N–H and O–H groups in total. The van der Waals surface area contributed by atoms with Crippen LogP contribution in [0.5, 0.6) is 11.5 Å². The molecule has 0 atom stereocenters. The van der Waals surface area contributed by atoms with Gasteiger partial charge in [0.1, 0.15) is 4.90 Å². The Morgan fingerprint density at radius 1 is 1.00 bits per heavy atom. The van der Waals surface area contributed by atoms with Crippen molar-refractivity contribution in [2.45, 2.75) is 25.7 Å². The van der Waals surface area contributed by atoms with Crippen LogP contribution in [0.25, 0.3) is 0 Å². The van der Waals surface area contributed by atoms with Crippen molar-refractivity contribution in [1.29, 1.82) is 0 Å². The summed E-state index contributed by atoms with van der Waals surface area (Å²) in [5.74, 6) is 0.604. The lowest BCUT2D eigenvalue weighted by atomic mass is 10.2. The second-order valence-electron chi connectivity index (χ2n) is 4.69. The van der Waals surface area contributed by atoms with Gasteiger partial charge in [-0.1, -0.05) is 29.8 Å². The van der Waals surface area contributed by atoms with Crippen LogP contribution in [0, 0.1) is 13.8 Å². The van der Waals surface area contributed by atoms with Crippen molar-refractivity contribution >= 4 is 10.1 Å².